The van der Waals surface area contributed by atoms with Gasteiger partial charge in [-0.2, -0.15) is 0 Å². The Bertz CT molecular complexity index is 627. The van der Waals surface area contributed by atoms with Gasteiger partial charge in [0.25, 0.3) is 0 Å². The van der Waals surface area contributed by atoms with Crippen LogP contribution in [-0.2, 0) is 19.4 Å². The average Bonchev–Trinajstić information content (AvgIpc) is 3.02. The Morgan fingerprint density at radius 2 is 0.884 bits per heavy atom. The van der Waals surface area contributed by atoms with Gasteiger partial charge in [0.1, 0.15) is 0 Å². The van der Waals surface area contributed by atoms with E-state index in [-0.39, 0.29) is 6.42 Å². The molecule has 0 aliphatic carbocycles. The molecule has 0 aromatic carbocycles. The monoisotopic (exact) mass is 615 g/mol. The molecule has 7 heteroatoms. The molecule has 0 heterocycles. The summed E-state index contributed by atoms with van der Waals surface area (Å²) in [7, 11) is 0. The fourth-order valence-electron chi connectivity index (χ4n) is 5.91. The lowest BCUT2D eigenvalue weighted by atomic mass is 9.70. The number of hydrogen-bond acceptors (Lipinski definition) is 7. The minimum absolute atomic E-state index is 0.205. The van der Waals surface area contributed by atoms with E-state index in [0.29, 0.717) is 12.8 Å². The third-order valence-corrected chi connectivity index (χ3v) is 9.39. The van der Waals surface area contributed by atoms with Crippen molar-refractivity contribution in [3.8, 4) is 0 Å². The molecule has 0 aromatic heterocycles. The van der Waals surface area contributed by atoms with Crippen molar-refractivity contribution < 1.29 is 34.7 Å². The van der Waals surface area contributed by atoms with Crippen molar-refractivity contribution in [1.82, 2.24) is 0 Å². The summed E-state index contributed by atoms with van der Waals surface area (Å²) in [4.78, 5) is 35.1. The third kappa shape index (κ3) is 21.2. The summed E-state index contributed by atoms with van der Waals surface area (Å²) in [5, 5.41) is 29.8. The largest absolute Gasteiger partial charge is 0.396 e. The van der Waals surface area contributed by atoms with E-state index in [1.54, 1.807) is 6.92 Å². The third-order valence-electron chi connectivity index (χ3n) is 9.39. The zero-order valence-electron chi connectivity index (χ0n) is 28.4. The molecule has 2 unspecified atom stereocenters. The Labute approximate surface area is 264 Å². The summed E-state index contributed by atoms with van der Waals surface area (Å²) in [6, 6.07) is 0. The molecule has 0 fully saturated rings. The second-order valence-electron chi connectivity index (χ2n) is 13.1. The second-order valence-corrected chi connectivity index (χ2v) is 13.1. The zero-order chi connectivity index (χ0) is 32.0. The highest BCUT2D eigenvalue weighted by Crippen LogP contribution is 2.36. The Morgan fingerprint density at radius 1 is 0.535 bits per heavy atom. The fraction of sp³-hybridized carbons (Fsp3) is 0.944. The molecule has 7 nitrogen and oxygen atoms in total. The molecule has 0 radical (unpaired) electrons. The van der Waals surface area contributed by atoms with Crippen molar-refractivity contribution in [2.75, 3.05) is 19.8 Å². The van der Waals surface area contributed by atoms with Crippen molar-refractivity contribution >= 4 is 11.9 Å². The van der Waals surface area contributed by atoms with Crippen LogP contribution in [0.2, 0.25) is 0 Å². The lowest BCUT2D eigenvalue weighted by Crippen LogP contribution is -2.45. The van der Waals surface area contributed by atoms with Gasteiger partial charge < -0.3 is 15.3 Å². The van der Waals surface area contributed by atoms with Gasteiger partial charge in [0.2, 0.25) is 0 Å². The predicted octanol–water partition coefficient (Wildman–Crippen LogP) is 9.00. The summed E-state index contributed by atoms with van der Waals surface area (Å²) < 4.78 is 0. The van der Waals surface area contributed by atoms with E-state index >= 15 is 0 Å². The topological polar surface area (TPSA) is 113 Å². The van der Waals surface area contributed by atoms with Crippen molar-refractivity contribution in [2.24, 2.45) is 17.3 Å². The van der Waals surface area contributed by atoms with Crippen LogP contribution in [0.25, 0.3) is 0 Å². The van der Waals surface area contributed by atoms with Gasteiger partial charge in [0.05, 0.1) is 32.2 Å². The van der Waals surface area contributed by atoms with E-state index in [0.717, 1.165) is 32.1 Å². The first kappa shape index (κ1) is 41.8. The van der Waals surface area contributed by atoms with Gasteiger partial charge >= 0.3 is 11.9 Å². The molecule has 0 aliphatic rings. The molecule has 0 aliphatic heterocycles. The lowest BCUT2D eigenvalue weighted by Gasteiger charge is -2.37. The highest BCUT2D eigenvalue weighted by Gasteiger charge is 2.43. The number of hydrogen-bond donors (Lipinski definition) is 3. The van der Waals surface area contributed by atoms with Gasteiger partial charge in [-0.25, -0.2) is 19.4 Å². The molecular formula is C36H70O7. The van der Waals surface area contributed by atoms with Crippen molar-refractivity contribution in [3.63, 3.8) is 0 Å². The van der Waals surface area contributed by atoms with Crippen LogP contribution in [0.5, 0.6) is 0 Å². The number of carbonyl (C=O) groups is 2. The van der Waals surface area contributed by atoms with Crippen LogP contribution in [0.3, 0.4) is 0 Å². The van der Waals surface area contributed by atoms with Crippen LogP contribution >= 0.6 is 0 Å². The highest BCUT2D eigenvalue weighted by atomic mass is 17.2. The summed E-state index contributed by atoms with van der Waals surface area (Å²) in [5.74, 6) is -2.50. The molecule has 0 spiro atoms. The highest BCUT2D eigenvalue weighted by molar-refractivity contribution is 5.74. The van der Waals surface area contributed by atoms with E-state index in [2.05, 4.69) is 13.8 Å². The Kier molecular flexibility index (Phi) is 28.7. The van der Waals surface area contributed by atoms with Crippen LogP contribution in [-0.4, -0.2) is 47.1 Å². The molecule has 2 atom stereocenters. The summed E-state index contributed by atoms with van der Waals surface area (Å²) in [5.41, 5.74) is -1.22. The molecule has 0 aromatic rings. The van der Waals surface area contributed by atoms with Gasteiger partial charge in [-0.15, -0.1) is 0 Å². The maximum Gasteiger partial charge on any atom is 0.358 e. The Balaban J connectivity index is 4.42. The van der Waals surface area contributed by atoms with E-state index in [1.807, 2.05) is 0 Å². The number of unbranched alkanes of at least 4 members (excludes halogenated alkanes) is 21. The van der Waals surface area contributed by atoms with Crippen LogP contribution in [0.15, 0.2) is 0 Å². The van der Waals surface area contributed by atoms with Crippen LogP contribution < -0.4 is 0 Å². The summed E-state index contributed by atoms with van der Waals surface area (Å²) in [6.45, 7) is 4.83. The summed E-state index contributed by atoms with van der Waals surface area (Å²) in [6.07, 6.45) is 28.2. The SMILES string of the molecule is CCCCCCCCCCCCCCCCC(C(=O)OOC(=O)CCCCCCCCCCC)C(C)C(CO)(CO)CO. The molecule has 3 N–H and O–H groups in total. The zero-order valence-corrected chi connectivity index (χ0v) is 28.4. The first-order valence-electron chi connectivity index (χ1n) is 18.2. The van der Waals surface area contributed by atoms with Crippen molar-refractivity contribution in [1.29, 1.82) is 0 Å². The summed E-state index contributed by atoms with van der Waals surface area (Å²) >= 11 is 0. The van der Waals surface area contributed by atoms with Crippen LogP contribution in [0.4, 0.5) is 0 Å². The molecule has 0 bridgehead atoms. The van der Waals surface area contributed by atoms with E-state index in [1.165, 1.54) is 109 Å². The smallest absolute Gasteiger partial charge is 0.358 e. The van der Waals surface area contributed by atoms with Gasteiger partial charge in [-0.3, -0.25) is 0 Å². The minimum Gasteiger partial charge on any atom is -0.396 e. The van der Waals surface area contributed by atoms with Crippen molar-refractivity contribution in [3.05, 3.63) is 0 Å². The normalized spacial score (nSPS) is 13.2. The van der Waals surface area contributed by atoms with Gasteiger partial charge in [0.15, 0.2) is 0 Å². The van der Waals surface area contributed by atoms with Gasteiger partial charge in [-0.1, -0.05) is 162 Å². The Hall–Kier alpha value is -1.18. The van der Waals surface area contributed by atoms with Crippen LogP contribution in [0.1, 0.15) is 181 Å². The number of aliphatic hydroxyl groups excluding tert-OH is 3. The predicted molar refractivity (Wildman–Crippen MR) is 175 cm³/mol. The molecule has 0 amide bonds. The number of carbonyl (C=O) groups excluding carboxylic acids is 2. The van der Waals surface area contributed by atoms with Gasteiger partial charge in [-0.05, 0) is 18.8 Å². The number of aliphatic hydroxyl groups is 3. The Morgan fingerprint density at radius 3 is 1.26 bits per heavy atom. The standard InChI is InChI=1S/C36H70O7/c1-4-6-8-10-12-14-15-16-17-18-20-21-23-25-27-33(32(3)36(29-37,30-38)31-39)35(41)43-42-34(40)28-26-24-22-19-13-11-9-7-5-2/h32-33,37-39H,4-31H2,1-3H3. The molecular weight excluding hydrogens is 544 g/mol. The number of rotatable bonds is 31. The second kappa shape index (κ2) is 29.5. The first-order valence-corrected chi connectivity index (χ1v) is 18.2. The average molecular weight is 615 g/mol. The minimum atomic E-state index is -1.22. The maximum atomic E-state index is 13.0. The maximum absolute atomic E-state index is 13.0. The first-order chi connectivity index (χ1) is 20.9. The lowest BCUT2D eigenvalue weighted by molar-refractivity contribution is -0.265. The molecule has 43 heavy (non-hydrogen) atoms. The van der Waals surface area contributed by atoms with Crippen molar-refractivity contribution in [2.45, 2.75) is 181 Å². The molecule has 0 rings (SSSR count). The molecule has 0 saturated heterocycles. The van der Waals surface area contributed by atoms with Crippen LogP contribution in [0, 0.1) is 17.3 Å². The quantitative estimate of drug-likeness (QED) is 0.0406. The fourth-order valence-corrected chi connectivity index (χ4v) is 5.91. The van der Waals surface area contributed by atoms with Gasteiger partial charge in [0, 0.05) is 5.41 Å². The molecule has 256 valence electrons. The molecule has 0 saturated carbocycles. The van der Waals surface area contributed by atoms with E-state index in [4.69, 9.17) is 9.78 Å². The van der Waals surface area contributed by atoms with E-state index in [9.17, 15) is 24.9 Å². The van der Waals surface area contributed by atoms with E-state index < -0.39 is 49.0 Å².